The fourth-order valence-corrected chi connectivity index (χ4v) is 4.15. The first kappa shape index (κ1) is 17.6. The standard InChI is InChI=1S/C25H22N2O2/c28-25(21-12-11-18-6-1-2-8-20(18)16-21)26-17-23(24-10-5-15-29-24)27-14-13-19-7-3-4-9-22(19)27/h1-12,15-16,23H,13-14,17H2,(H,26,28)/t23-/m1/s1. The first-order chi connectivity index (χ1) is 14.3. The number of hydrogen-bond donors (Lipinski definition) is 1. The summed E-state index contributed by atoms with van der Waals surface area (Å²) in [6, 6.07) is 26.2. The average molecular weight is 382 g/mol. The molecule has 3 aromatic carbocycles. The molecular weight excluding hydrogens is 360 g/mol. The minimum atomic E-state index is -0.0696. The number of hydrogen-bond acceptors (Lipinski definition) is 3. The zero-order chi connectivity index (χ0) is 19.6. The molecule has 5 rings (SSSR count). The number of nitrogens with one attached hydrogen (secondary N) is 1. The molecule has 4 aromatic rings. The van der Waals surface area contributed by atoms with Crippen LogP contribution < -0.4 is 10.2 Å². The number of amides is 1. The number of para-hydroxylation sites is 1. The zero-order valence-corrected chi connectivity index (χ0v) is 16.0. The fraction of sp³-hybridized carbons (Fsp3) is 0.160. The van der Waals surface area contributed by atoms with Gasteiger partial charge in [-0.3, -0.25) is 4.79 Å². The number of furan rings is 1. The van der Waals surface area contributed by atoms with Crippen molar-refractivity contribution in [3.05, 3.63) is 102 Å². The molecule has 2 heterocycles. The van der Waals surface area contributed by atoms with Gasteiger partial charge in [-0.1, -0.05) is 48.5 Å². The summed E-state index contributed by atoms with van der Waals surface area (Å²) in [5.41, 5.74) is 3.22. The molecule has 0 aliphatic carbocycles. The molecule has 1 atom stereocenters. The molecule has 144 valence electrons. The van der Waals surface area contributed by atoms with Crippen molar-refractivity contribution in [2.75, 3.05) is 18.0 Å². The van der Waals surface area contributed by atoms with Crippen molar-refractivity contribution < 1.29 is 9.21 Å². The molecule has 1 N–H and O–H groups in total. The Kier molecular flexibility index (Phi) is 4.53. The Bertz CT molecular complexity index is 1150. The fourth-order valence-electron chi connectivity index (χ4n) is 4.15. The number of benzene rings is 3. The smallest absolute Gasteiger partial charge is 0.251 e. The van der Waals surface area contributed by atoms with E-state index in [0.29, 0.717) is 12.1 Å². The van der Waals surface area contributed by atoms with E-state index in [9.17, 15) is 4.79 Å². The lowest BCUT2D eigenvalue weighted by Gasteiger charge is -2.29. The summed E-state index contributed by atoms with van der Waals surface area (Å²) >= 11 is 0. The second kappa shape index (κ2) is 7.47. The van der Waals surface area contributed by atoms with E-state index in [2.05, 4.69) is 40.5 Å². The molecule has 1 amide bonds. The number of fused-ring (bicyclic) bond motifs is 2. The van der Waals surface area contributed by atoms with Gasteiger partial charge in [0, 0.05) is 24.3 Å². The van der Waals surface area contributed by atoms with Gasteiger partial charge in [-0.05, 0) is 53.1 Å². The third kappa shape index (κ3) is 3.38. The molecule has 0 bridgehead atoms. The normalized spacial score (nSPS) is 14.0. The Morgan fingerprint density at radius 3 is 2.66 bits per heavy atom. The van der Waals surface area contributed by atoms with Crippen molar-refractivity contribution in [3.8, 4) is 0 Å². The van der Waals surface area contributed by atoms with E-state index in [4.69, 9.17) is 4.42 Å². The van der Waals surface area contributed by atoms with Crippen molar-refractivity contribution in [2.24, 2.45) is 0 Å². The summed E-state index contributed by atoms with van der Waals surface area (Å²) in [6.45, 7) is 1.39. The quantitative estimate of drug-likeness (QED) is 0.530. The molecule has 1 aliphatic rings. The largest absolute Gasteiger partial charge is 0.467 e. The highest BCUT2D eigenvalue weighted by Crippen LogP contribution is 2.35. The number of rotatable bonds is 5. The Balaban J connectivity index is 1.38. The average Bonchev–Trinajstić information content (AvgIpc) is 3.44. The van der Waals surface area contributed by atoms with Gasteiger partial charge in [0.15, 0.2) is 0 Å². The van der Waals surface area contributed by atoms with Crippen LogP contribution in [0.5, 0.6) is 0 Å². The molecule has 0 fully saturated rings. The van der Waals surface area contributed by atoms with Gasteiger partial charge in [0.1, 0.15) is 11.8 Å². The van der Waals surface area contributed by atoms with Gasteiger partial charge in [-0.25, -0.2) is 0 Å². The molecule has 0 radical (unpaired) electrons. The first-order valence-corrected chi connectivity index (χ1v) is 9.94. The Hall–Kier alpha value is -3.53. The Morgan fingerprint density at radius 1 is 0.966 bits per heavy atom. The van der Waals surface area contributed by atoms with E-state index in [1.54, 1.807) is 6.26 Å². The summed E-state index contributed by atoms with van der Waals surface area (Å²) in [6.07, 6.45) is 2.70. The van der Waals surface area contributed by atoms with Gasteiger partial charge >= 0.3 is 0 Å². The van der Waals surface area contributed by atoms with E-state index in [0.717, 1.165) is 29.5 Å². The van der Waals surface area contributed by atoms with E-state index < -0.39 is 0 Å². The third-order valence-corrected chi connectivity index (χ3v) is 5.64. The van der Waals surface area contributed by atoms with Crippen LogP contribution in [0.4, 0.5) is 5.69 Å². The second-order valence-electron chi connectivity index (χ2n) is 7.38. The summed E-state index contributed by atoms with van der Waals surface area (Å²) in [5.74, 6) is 0.792. The molecule has 4 heteroatoms. The van der Waals surface area contributed by atoms with Crippen molar-refractivity contribution in [3.63, 3.8) is 0 Å². The lowest BCUT2D eigenvalue weighted by Crippen LogP contribution is -2.37. The Labute approximate surface area is 169 Å². The van der Waals surface area contributed by atoms with Crippen molar-refractivity contribution in [1.82, 2.24) is 5.32 Å². The molecule has 0 saturated carbocycles. The second-order valence-corrected chi connectivity index (χ2v) is 7.38. The molecule has 1 aromatic heterocycles. The van der Waals surface area contributed by atoms with Crippen molar-refractivity contribution >= 4 is 22.4 Å². The number of carbonyl (C=O) groups is 1. The number of nitrogens with zero attached hydrogens (tertiary/aromatic N) is 1. The summed E-state index contributed by atoms with van der Waals surface area (Å²) < 4.78 is 5.73. The van der Waals surface area contributed by atoms with E-state index >= 15 is 0 Å². The maximum Gasteiger partial charge on any atom is 0.251 e. The predicted molar refractivity (Wildman–Crippen MR) is 115 cm³/mol. The van der Waals surface area contributed by atoms with Crippen LogP contribution in [0, 0.1) is 0 Å². The van der Waals surface area contributed by atoms with Gasteiger partial charge in [0.25, 0.3) is 5.91 Å². The number of anilines is 1. The highest BCUT2D eigenvalue weighted by atomic mass is 16.3. The minimum absolute atomic E-state index is 0.0435. The summed E-state index contributed by atoms with van der Waals surface area (Å²) in [7, 11) is 0. The highest BCUT2D eigenvalue weighted by molar-refractivity contribution is 5.98. The predicted octanol–water partition coefficient (Wildman–Crippen LogP) is 4.97. The molecule has 0 unspecified atom stereocenters. The van der Waals surface area contributed by atoms with Gasteiger partial charge < -0.3 is 14.6 Å². The first-order valence-electron chi connectivity index (χ1n) is 9.94. The third-order valence-electron chi connectivity index (χ3n) is 5.64. The van der Waals surface area contributed by atoms with Crippen LogP contribution in [0.2, 0.25) is 0 Å². The SMILES string of the molecule is O=C(NC[C@H](c1ccco1)N1CCc2ccccc21)c1ccc2ccccc2c1. The van der Waals surface area contributed by atoms with Crippen molar-refractivity contribution in [1.29, 1.82) is 0 Å². The van der Waals surface area contributed by atoms with Crippen LogP contribution in [-0.4, -0.2) is 19.0 Å². The lowest BCUT2D eigenvalue weighted by atomic mass is 10.1. The summed E-state index contributed by atoms with van der Waals surface area (Å²) in [4.78, 5) is 15.2. The molecule has 1 aliphatic heterocycles. The highest BCUT2D eigenvalue weighted by Gasteiger charge is 2.29. The van der Waals surface area contributed by atoms with Gasteiger partial charge in [-0.2, -0.15) is 0 Å². The zero-order valence-electron chi connectivity index (χ0n) is 16.0. The molecular formula is C25H22N2O2. The van der Waals surface area contributed by atoms with E-state index in [-0.39, 0.29) is 11.9 Å². The maximum absolute atomic E-state index is 12.9. The molecule has 29 heavy (non-hydrogen) atoms. The van der Waals surface area contributed by atoms with Gasteiger partial charge in [0.05, 0.1) is 6.26 Å². The van der Waals surface area contributed by atoms with Crippen LogP contribution in [0.15, 0.2) is 89.5 Å². The topological polar surface area (TPSA) is 45.5 Å². The molecule has 0 saturated heterocycles. The molecule has 4 nitrogen and oxygen atoms in total. The monoisotopic (exact) mass is 382 g/mol. The summed E-state index contributed by atoms with van der Waals surface area (Å²) in [5, 5.41) is 5.32. The van der Waals surface area contributed by atoms with Gasteiger partial charge in [0.2, 0.25) is 0 Å². The van der Waals surface area contributed by atoms with E-state index in [1.165, 1.54) is 11.3 Å². The van der Waals surface area contributed by atoms with Crippen LogP contribution in [0.25, 0.3) is 10.8 Å². The van der Waals surface area contributed by atoms with Crippen molar-refractivity contribution in [2.45, 2.75) is 12.5 Å². The lowest BCUT2D eigenvalue weighted by molar-refractivity contribution is 0.0950. The Morgan fingerprint density at radius 2 is 1.79 bits per heavy atom. The van der Waals surface area contributed by atoms with Crippen LogP contribution in [-0.2, 0) is 6.42 Å². The minimum Gasteiger partial charge on any atom is -0.467 e. The molecule has 0 spiro atoms. The van der Waals surface area contributed by atoms with Crippen LogP contribution in [0.3, 0.4) is 0 Å². The van der Waals surface area contributed by atoms with E-state index in [1.807, 2.05) is 48.5 Å². The van der Waals surface area contributed by atoms with Gasteiger partial charge in [-0.15, -0.1) is 0 Å². The number of carbonyl (C=O) groups excluding carboxylic acids is 1. The van der Waals surface area contributed by atoms with Crippen LogP contribution >= 0.6 is 0 Å². The van der Waals surface area contributed by atoms with Crippen LogP contribution in [0.1, 0.15) is 27.7 Å². The maximum atomic E-state index is 12.9.